The van der Waals surface area contributed by atoms with Crippen molar-refractivity contribution >= 4 is 6.29 Å². The lowest BCUT2D eigenvalue weighted by atomic mass is 9.43. The minimum absolute atomic E-state index is 0.284. The second-order valence-corrected chi connectivity index (χ2v) is 12.5. The topological polar surface area (TPSA) is 17.1 Å². The van der Waals surface area contributed by atoms with Crippen LogP contribution in [0.25, 0.3) is 0 Å². The van der Waals surface area contributed by atoms with Crippen LogP contribution in [0.1, 0.15) is 86.5 Å². The van der Waals surface area contributed by atoms with Crippen LogP contribution in [0.15, 0.2) is 24.3 Å². The van der Waals surface area contributed by atoms with E-state index in [-0.39, 0.29) is 5.92 Å². The van der Waals surface area contributed by atoms with Gasteiger partial charge < -0.3 is 4.79 Å². The molecule has 3 saturated carbocycles. The first-order chi connectivity index (χ1) is 14.2. The molecule has 0 aliphatic heterocycles. The molecule has 0 bridgehead atoms. The average molecular weight is 411 g/mol. The summed E-state index contributed by atoms with van der Waals surface area (Å²) in [6.45, 7) is 14.7. The standard InChI is InChI=1S/C29H46O/c1-19(2)20(3)10-11-21(4)24-12-13-26-23-17-22(18-30)25-9-7-8-15-28(25,5)27(23)14-16-29(24,26)6/h7-8,10-11,18-27H,9,12-17H2,1-6H3/t20?,21-,22?,23+,24-,25?,26+,27+,28+,29-/m1/s1. The number of aldehydes is 1. The first kappa shape index (κ1) is 22.3. The van der Waals surface area contributed by atoms with Crippen molar-refractivity contribution in [3.63, 3.8) is 0 Å². The van der Waals surface area contributed by atoms with Crippen molar-refractivity contribution in [3.05, 3.63) is 24.3 Å². The van der Waals surface area contributed by atoms with Crippen molar-refractivity contribution in [2.24, 2.45) is 64.1 Å². The molecular weight excluding hydrogens is 364 g/mol. The van der Waals surface area contributed by atoms with E-state index in [0.717, 1.165) is 36.0 Å². The summed E-state index contributed by atoms with van der Waals surface area (Å²) >= 11 is 0. The highest BCUT2D eigenvalue weighted by Crippen LogP contribution is 2.68. The molecule has 0 N–H and O–H groups in total. The number of fused-ring (bicyclic) bond motifs is 5. The fraction of sp³-hybridized carbons (Fsp3) is 0.828. The fourth-order valence-electron chi connectivity index (χ4n) is 8.77. The van der Waals surface area contributed by atoms with Gasteiger partial charge in [-0.25, -0.2) is 0 Å². The number of carbonyl (C=O) groups excluding carboxylic acids is 1. The van der Waals surface area contributed by atoms with Crippen molar-refractivity contribution in [2.45, 2.75) is 86.5 Å². The Hall–Kier alpha value is -0.850. The van der Waals surface area contributed by atoms with Crippen LogP contribution in [0.3, 0.4) is 0 Å². The lowest BCUT2D eigenvalue weighted by Gasteiger charge is -2.61. The quantitative estimate of drug-likeness (QED) is 0.335. The van der Waals surface area contributed by atoms with Crippen LogP contribution in [-0.2, 0) is 4.79 Å². The molecule has 1 nitrogen and oxygen atoms in total. The third-order valence-electron chi connectivity index (χ3n) is 11.0. The predicted octanol–water partition coefficient (Wildman–Crippen LogP) is 7.72. The maximum Gasteiger partial charge on any atom is 0.123 e. The molecular formula is C29H46O. The molecule has 3 unspecified atom stereocenters. The second-order valence-electron chi connectivity index (χ2n) is 12.5. The number of hydrogen-bond donors (Lipinski definition) is 0. The maximum atomic E-state index is 12.1. The third-order valence-corrected chi connectivity index (χ3v) is 11.0. The Kier molecular flexibility index (Phi) is 6.15. The van der Waals surface area contributed by atoms with Gasteiger partial charge in [-0.1, -0.05) is 65.8 Å². The Labute approximate surface area is 186 Å². The molecule has 0 radical (unpaired) electrons. The SMILES string of the molecule is CC(C)C(C)C=C[C@@H](C)[C@H]1CC[C@H]2[C@@H]3CC(C=O)C4CC=CC[C@]4(C)[C@H]3CC[C@]12C. The van der Waals surface area contributed by atoms with E-state index < -0.39 is 0 Å². The summed E-state index contributed by atoms with van der Waals surface area (Å²) in [4.78, 5) is 12.1. The second kappa shape index (κ2) is 8.25. The van der Waals surface area contributed by atoms with Gasteiger partial charge in [0.25, 0.3) is 0 Å². The molecule has 10 atom stereocenters. The molecule has 0 heterocycles. The van der Waals surface area contributed by atoms with Gasteiger partial charge in [-0.05, 0) is 103 Å². The Morgan fingerprint density at radius 1 is 0.900 bits per heavy atom. The lowest BCUT2D eigenvalue weighted by molar-refractivity contribution is -0.138. The highest BCUT2D eigenvalue weighted by Gasteiger charge is 2.61. The van der Waals surface area contributed by atoms with Crippen molar-refractivity contribution in [2.75, 3.05) is 0 Å². The molecule has 0 aromatic rings. The normalized spacial score (nSPS) is 47.6. The number of carbonyl (C=O) groups is 1. The predicted molar refractivity (Wildman–Crippen MR) is 127 cm³/mol. The summed E-state index contributed by atoms with van der Waals surface area (Å²) in [6, 6.07) is 0. The van der Waals surface area contributed by atoms with Crippen molar-refractivity contribution < 1.29 is 4.79 Å². The molecule has 0 spiro atoms. The van der Waals surface area contributed by atoms with E-state index in [2.05, 4.69) is 65.8 Å². The lowest BCUT2D eigenvalue weighted by Crippen LogP contribution is -2.55. The summed E-state index contributed by atoms with van der Waals surface area (Å²) in [6.07, 6.45) is 20.2. The summed E-state index contributed by atoms with van der Waals surface area (Å²) in [5, 5.41) is 0. The highest BCUT2D eigenvalue weighted by molar-refractivity contribution is 5.55. The van der Waals surface area contributed by atoms with E-state index in [4.69, 9.17) is 0 Å². The molecule has 4 rings (SSSR count). The molecule has 30 heavy (non-hydrogen) atoms. The Balaban J connectivity index is 1.57. The largest absolute Gasteiger partial charge is 0.303 e. The van der Waals surface area contributed by atoms with E-state index in [9.17, 15) is 4.79 Å². The molecule has 4 aliphatic rings. The van der Waals surface area contributed by atoms with E-state index in [0.29, 0.717) is 28.6 Å². The van der Waals surface area contributed by atoms with Crippen molar-refractivity contribution in [3.8, 4) is 0 Å². The van der Waals surface area contributed by atoms with Crippen LogP contribution in [0, 0.1) is 64.1 Å². The molecule has 0 aromatic carbocycles. The van der Waals surface area contributed by atoms with Crippen LogP contribution < -0.4 is 0 Å². The minimum Gasteiger partial charge on any atom is -0.303 e. The highest BCUT2D eigenvalue weighted by atomic mass is 16.1. The minimum atomic E-state index is 0.284. The summed E-state index contributed by atoms with van der Waals surface area (Å²) in [7, 11) is 0. The van der Waals surface area contributed by atoms with Gasteiger partial charge in [-0.2, -0.15) is 0 Å². The Morgan fingerprint density at radius 3 is 2.33 bits per heavy atom. The smallest absolute Gasteiger partial charge is 0.123 e. The zero-order valence-corrected chi connectivity index (χ0v) is 20.4. The number of hydrogen-bond acceptors (Lipinski definition) is 1. The molecule has 4 aliphatic carbocycles. The fourth-order valence-corrected chi connectivity index (χ4v) is 8.77. The summed E-state index contributed by atoms with van der Waals surface area (Å²) in [5.41, 5.74) is 0.813. The van der Waals surface area contributed by atoms with E-state index in [1.807, 2.05) is 0 Å². The maximum absolute atomic E-state index is 12.1. The van der Waals surface area contributed by atoms with Crippen LogP contribution in [0.4, 0.5) is 0 Å². The van der Waals surface area contributed by atoms with Gasteiger partial charge in [0.1, 0.15) is 6.29 Å². The molecule has 0 saturated heterocycles. The first-order valence-corrected chi connectivity index (χ1v) is 13.0. The zero-order valence-electron chi connectivity index (χ0n) is 20.4. The molecule has 168 valence electrons. The molecule has 0 amide bonds. The van der Waals surface area contributed by atoms with Gasteiger partial charge in [-0.3, -0.25) is 0 Å². The van der Waals surface area contributed by atoms with Crippen LogP contribution >= 0.6 is 0 Å². The van der Waals surface area contributed by atoms with Gasteiger partial charge in [0.05, 0.1) is 0 Å². The molecule has 3 fully saturated rings. The summed E-state index contributed by atoms with van der Waals surface area (Å²) in [5.74, 6) is 6.15. The van der Waals surface area contributed by atoms with E-state index >= 15 is 0 Å². The van der Waals surface area contributed by atoms with E-state index in [1.54, 1.807) is 0 Å². The van der Waals surface area contributed by atoms with Gasteiger partial charge in [-0.15, -0.1) is 0 Å². The molecule has 1 heteroatoms. The number of allylic oxidation sites excluding steroid dienone is 4. The first-order valence-electron chi connectivity index (χ1n) is 13.0. The Morgan fingerprint density at radius 2 is 1.63 bits per heavy atom. The molecule has 0 aromatic heterocycles. The van der Waals surface area contributed by atoms with Crippen LogP contribution in [0.5, 0.6) is 0 Å². The van der Waals surface area contributed by atoms with Crippen LogP contribution in [-0.4, -0.2) is 6.29 Å². The monoisotopic (exact) mass is 410 g/mol. The zero-order chi connectivity index (χ0) is 21.7. The summed E-state index contributed by atoms with van der Waals surface area (Å²) < 4.78 is 0. The average Bonchev–Trinajstić information content (AvgIpc) is 3.08. The Bertz CT molecular complexity index is 688. The van der Waals surface area contributed by atoms with Crippen molar-refractivity contribution in [1.82, 2.24) is 0 Å². The van der Waals surface area contributed by atoms with E-state index in [1.165, 1.54) is 44.8 Å². The van der Waals surface area contributed by atoms with Gasteiger partial charge in [0.2, 0.25) is 0 Å². The van der Waals surface area contributed by atoms with Crippen LogP contribution in [0.2, 0.25) is 0 Å². The van der Waals surface area contributed by atoms with Crippen molar-refractivity contribution in [1.29, 1.82) is 0 Å². The van der Waals surface area contributed by atoms with Gasteiger partial charge in [0.15, 0.2) is 0 Å². The number of rotatable bonds is 5. The van der Waals surface area contributed by atoms with Gasteiger partial charge >= 0.3 is 0 Å². The van der Waals surface area contributed by atoms with Gasteiger partial charge in [0, 0.05) is 5.92 Å². The third kappa shape index (κ3) is 3.47.